The first-order valence-electron chi connectivity index (χ1n) is 9.02. The zero-order chi connectivity index (χ0) is 17.6. The molecular weight excluding hydrogens is 323 g/mol. The molecule has 25 heavy (non-hydrogen) atoms. The van der Waals surface area contributed by atoms with E-state index < -0.39 is 0 Å². The summed E-state index contributed by atoms with van der Waals surface area (Å²) in [4.78, 5) is 26.7. The van der Waals surface area contributed by atoms with Gasteiger partial charge in [0.25, 0.3) is 0 Å². The summed E-state index contributed by atoms with van der Waals surface area (Å²) in [5.41, 5.74) is 0.538. The lowest BCUT2D eigenvalue weighted by Crippen LogP contribution is -2.45. The molecule has 136 valence electrons. The van der Waals surface area contributed by atoms with Gasteiger partial charge in [-0.3, -0.25) is 14.5 Å². The molecule has 2 saturated heterocycles. The van der Waals surface area contributed by atoms with Gasteiger partial charge in [0.1, 0.15) is 5.82 Å². The quantitative estimate of drug-likeness (QED) is 0.799. The first-order chi connectivity index (χ1) is 12.1. The van der Waals surface area contributed by atoms with Gasteiger partial charge in [-0.25, -0.2) is 4.39 Å². The molecule has 0 radical (unpaired) electrons. The Kier molecular flexibility index (Phi) is 6.15. The Balaban J connectivity index is 1.47. The average Bonchev–Trinajstić information content (AvgIpc) is 3.14. The number of amides is 1. The number of hydrogen-bond acceptors (Lipinski definition) is 4. The molecule has 0 unspecified atom stereocenters. The lowest BCUT2D eigenvalue weighted by Gasteiger charge is -2.31. The van der Waals surface area contributed by atoms with Gasteiger partial charge in [-0.1, -0.05) is 0 Å². The third-order valence-corrected chi connectivity index (χ3v) is 4.92. The number of hydrogen-bond donors (Lipinski definition) is 1. The molecular formula is C19H25FN2O3. The molecule has 1 N–H and O–H groups in total. The number of benzene rings is 1. The molecule has 2 aliphatic heterocycles. The normalized spacial score (nSPS) is 24.2. The van der Waals surface area contributed by atoms with Gasteiger partial charge < -0.3 is 10.1 Å². The third-order valence-electron chi connectivity index (χ3n) is 4.92. The molecule has 1 aromatic rings. The van der Waals surface area contributed by atoms with Crippen molar-refractivity contribution in [3.05, 3.63) is 35.6 Å². The van der Waals surface area contributed by atoms with E-state index in [4.69, 9.17) is 4.74 Å². The summed E-state index contributed by atoms with van der Waals surface area (Å²) < 4.78 is 18.5. The lowest BCUT2D eigenvalue weighted by molar-refractivity contribution is -0.123. The Labute approximate surface area is 147 Å². The van der Waals surface area contributed by atoms with Crippen LogP contribution in [0.4, 0.5) is 4.39 Å². The van der Waals surface area contributed by atoms with Crippen LogP contribution in [0.1, 0.15) is 36.0 Å². The SMILES string of the molecule is O=C(CN1CCC[C@H](C(=O)c2ccc(F)cc2)C1)NC[C@@H]1CCCO1. The summed E-state index contributed by atoms with van der Waals surface area (Å²) in [6.45, 7) is 3.04. The number of nitrogens with zero attached hydrogens (tertiary/aromatic N) is 1. The van der Waals surface area contributed by atoms with Crippen molar-refractivity contribution in [2.75, 3.05) is 32.8 Å². The van der Waals surface area contributed by atoms with E-state index in [0.29, 0.717) is 25.2 Å². The summed E-state index contributed by atoms with van der Waals surface area (Å²) in [6.07, 6.45) is 3.89. The highest BCUT2D eigenvalue weighted by molar-refractivity contribution is 5.98. The summed E-state index contributed by atoms with van der Waals surface area (Å²) in [6, 6.07) is 5.69. The Bertz CT molecular complexity index is 599. The van der Waals surface area contributed by atoms with Crippen molar-refractivity contribution in [2.45, 2.75) is 31.8 Å². The van der Waals surface area contributed by atoms with Crippen LogP contribution in [0.2, 0.25) is 0 Å². The number of likely N-dealkylation sites (tertiary alicyclic amines) is 1. The van der Waals surface area contributed by atoms with Gasteiger partial charge in [0.2, 0.25) is 5.91 Å². The summed E-state index contributed by atoms with van der Waals surface area (Å²) >= 11 is 0. The first-order valence-corrected chi connectivity index (χ1v) is 9.02. The number of ether oxygens (including phenoxy) is 1. The Morgan fingerprint density at radius 1 is 1.20 bits per heavy atom. The second-order valence-electron chi connectivity index (χ2n) is 6.88. The van der Waals surface area contributed by atoms with Crippen molar-refractivity contribution >= 4 is 11.7 Å². The summed E-state index contributed by atoms with van der Waals surface area (Å²) in [7, 11) is 0. The number of rotatable bonds is 6. The third kappa shape index (κ3) is 5.09. The largest absolute Gasteiger partial charge is 0.376 e. The second kappa shape index (κ2) is 8.54. The van der Waals surface area contributed by atoms with Gasteiger partial charge in [0.05, 0.1) is 12.6 Å². The zero-order valence-electron chi connectivity index (χ0n) is 14.4. The first kappa shape index (κ1) is 18.0. The van der Waals surface area contributed by atoms with Gasteiger partial charge >= 0.3 is 0 Å². The van der Waals surface area contributed by atoms with Crippen LogP contribution in [0.3, 0.4) is 0 Å². The van der Waals surface area contributed by atoms with Gasteiger partial charge in [0.15, 0.2) is 5.78 Å². The Morgan fingerprint density at radius 2 is 2.00 bits per heavy atom. The fourth-order valence-corrected chi connectivity index (χ4v) is 3.55. The zero-order valence-corrected chi connectivity index (χ0v) is 14.4. The van der Waals surface area contributed by atoms with E-state index in [-0.39, 0.29) is 29.5 Å². The molecule has 2 heterocycles. The number of nitrogens with one attached hydrogen (secondary N) is 1. The van der Waals surface area contributed by atoms with Gasteiger partial charge in [0, 0.05) is 31.2 Å². The van der Waals surface area contributed by atoms with E-state index in [9.17, 15) is 14.0 Å². The van der Waals surface area contributed by atoms with E-state index in [1.165, 1.54) is 24.3 Å². The highest BCUT2D eigenvalue weighted by Gasteiger charge is 2.27. The van der Waals surface area contributed by atoms with Crippen LogP contribution in [0.15, 0.2) is 24.3 Å². The van der Waals surface area contributed by atoms with Gasteiger partial charge in [-0.2, -0.15) is 0 Å². The van der Waals surface area contributed by atoms with Crippen molar-refractivity contribution in [1.82, 2.24) is 10.2 Å². The number of Topliss-reactive ketones (excluding diaryl/α,β-unsaturated/α-hetero) is 1. The molecule has 2 atom stereocenters. The molecule has 3 rings (SSSR count). The molecule has 0 saturated carbocycles. The number of carbonyl (C=O) groups is 2. The van der Waals surface area contributed by atoms with Crippen LogP contribution in [-0.4, -0.2) is 55.5 Å². The maximum Gasteiger partial charge on any atom is 0.234 e. The molecule has 0 spiro atoms. The Morgan fingerprint density at radius 3 is 2.72 bits per heavy atom. The Hall–Kier alpha value is -1.79. The molecule has 2 fully saturated rings. The van der Waals surface area contributed by atoms with E-state index in [1.54, 1.807) is 0 Å². The minimum atomic E-state index is -0.343. The van der Waals surface area contributed by atoms with E-state index >= 15 is 0 Å². The molecule has 5 nitrogen and oxygen atoms in total. The minimum Gasteiger partial charge on any atom is -0.376 e. The molecule has 0 aromatic heterocycles. The fourth-order valence-electron chi connectivity index (χ4n) is 3.55. The van der Waals surface area contributed by atoms with Crippen molar-refractivity contribution in [1.29, 1.82) is 0 Å². The standard InChI is InChI=1S/C19H25FN2O3/c20-16-7-5-14(6-8-16)19(24)15-3-1-9-22(12-15)13-18(23)21-11-17-4-2-10-25-17/h5-8,15,17H,1-4,9-13H2,(H,21,23)/t15-,17-/m0/s1. The van der Waals surface area contributed by atoms with E-state index in [1.807, 2.05) is 4.90 Å². The maximum atomic E-state index is 13.0. The molecule has 0 aliphatic carbocycles. The van der Waals surface area contributed by atoms with E-state index in [2.05, 4.69) is 5.32 Å². The smallest absolute Gasteiger partial charge is 0.234 e. The van der Waals surface area contributed by atoms with Crippen LogP contribution >= 0.6 is 0 Å². The van der Waals surface area contributed by atoms with Crippen LogP contribution in [0.5, 0.6) is 0 Å². The number of halogens is 1. The monoisotopic (exact) mass is 348 g/mol. The van der Waals surface area contributed by atoms with E-state index in [0.717, 1.165) is 38.8 Å². The maximum absolute atomic E-state index is 13.0. The molecule has 1 amide bonds. The van der Waals surface area contributed by atoms with Crippen molar-refractivity contribution in [2.24, 2.45) is 5.92 Å². The van der Waals surface area contributed by atoms with Gasteiger partial charge in [-0.05, 0) is 56.5 Å². The molecule has 6 heteroatoms. The lowest BCUT2D eigenvalue weighted by atomic mass is 9.90. The second-order valence-corrected chi connectivity index (χ2v) is 6.88. The number of piperidine rings is 1. The van der Waals surface area contributed by atoms with Crippen LogP contribution < -0.4 is 5.32 Å². The van der Waals surface area contributed by atoms with Crippen LogP contribution in [0.25, 0.3) is 0 Å². The number of carbonyl (C=O) groups excluding carboxylic acids is 2. The van der Waals surface area contributed by atoms with Crippen LogP contribution in [-0.2, 0) is 9.53 Å². The topological polar surface area (TPSA) is 58.6 Å². The van der Waals surface area contributed by atoms with Crippen molar-refractivity contribution < 1.29 is 18.7 Å². The van der Waals surface area contributed by atoms with Gasteiger partial charge in [-0.15, -0.1) is 0 Å². The molecule has 2 aliphatic rings. The molecule has 1 aromatic carbocycles. The van der Waals surface area contributed by atoms with Crippen LogP contribution in [0, 0.1) is 11.7 Å². The average molecular weight is 348 g/mol. The summed E-state index contributed by atoms with van der Waals surface area (Å²) in [5.74, 6) is -0.468. The predicted molar refractivity (Wildman–Crippen MR) is 91.9 cm³/mol. The van der Waals surface area contributed by atoms with Crippen molar-refractivity contribution in [3.8, 4) is 0 Å². The minimum absolute atomic E-state index is 0.0228. The van der Waals surface area contributed by atoms with Crippen molar-refractivity contribution in [3.63, 3.8) is 0 Å². The highest BCUT2D eigenvalue weighted by atomic mass is 19.1. The summed E-state index contributed by atoms with van der Waals surface area (Å²) in [5, 5.41) is 2.92. The molecule has 0 bridgehead atoms. The number of ketones is 1. The fraction of sp³-hybridized carbons (Fsp3) is 0.579. The highest BCUT2D eigenvalue weighted by Crippen LogP contribution is 2.21. The predicted octanol–water partition coefficient (Wildman–Crippen LogP) is 2.02.